The Morgan fingerprint density at radius 3 is 2.95 bits per heavy atom. The van der Waals surface area contributed by atoms with Gasteiger partial charge in [-0.3, -0.25) is 0 Å². The second-order valence-electron chi connectivity index (χ2n) is 5.17. The van der Waals surface area contributed by atoms with E-state index in [2.05, 4.69) is 40.0 Å². The van der Waals surface area contributed by atoms with Gasteiger partial charge >= 0.3 is 0 Å². The third-order valence-electron chi connectivity index (χ3n) is 3.75. The van der Waals surface area contributed by atoms with Crippen molar-refractivity contribution >= 4 is 44.4 Å². The van der Waals surface area contributed by atoms with Gasteiger partial charge < -0.3 is 11.1 Å². The van der Waals surface area contributed by atoms with Crippen LogP contribution >= 0.6 is 28.3 Å². The Kier molecular flexibility index (Phi) is 5.43. The molecule has 0 saturated heterocycles. The number of hydrogen-bond acceptors (Lipinski definition) is 2. The van der Waals surface area contributed by atoms with Crippen molar-refractivity contribution in [3.63, 3.8) is 0 Å². The van der Waals surface area contributed by atoms with Gasteiger partial charge in [0.05, 0.1) is 6.54 Å². The van der Waals surface area contributed by atoms with E-state index in [-0.39, 0.29) is 17.0 Å². The quantitative estimate of drug-likeness (QED) is 0.650. The van der Waals surface area contributed by atoms with Gasteiger partial charge in [0.2, 0.25) is 0 Å². The van der Waals surface area contributed by atoms with Crippen molar-refractivity contribution in [3.05, 3.63) is 35.2 Å². The highest BCUT2D eigenvalue weighted by molar-refractivity contribution is 8.93. The van der Waals surface area contributed by atoms with Crippen molar-refractivity contribution in [2.75, 3.05) is 6.54 Å². The third-order valence-corrected chi connectivity index (χ3v) is 4.64. The molecule has 0 aliphatic heterocycles. The Morgan fingerprint density at radius 1 is 1.35 bits per heavy atom. The highest BCUT2D eigenvalue weighted by Crippen LogP contribution is 2.25. The maximum Gasteiger partial charge on any atom is 0.188 e. The lowest BCUT2D eigenvalue weighted by Crippen LogP contribution is -2.37. The Labute approximate surface area is 134 Å². The van der Waals surface area contributed by atoms with Crippen LogP contribution in [0.25, 0.3) is 10.1 Å². The van der Waals surface area contributed by atoms with Crippen molar-refractivity contribution in [2.24, 2.45) is 16.6 Å². The number of rotatable bonds is 4. The first-order chi connectivity index (χ1) is 9.31. The van der Waals surface area contributed by atoms with Gasteiger partial charge in [0.25, 0.3) is 0 Å². The maximum atomic E-state index is 5.88. The summed E-state index contributed by atoms with van der Waals surface area (Å²) in [4.78, 5) is 4.40. The molecule has 1 saturated carbocycles. The molecule has 0 amide bonds. The van der Waals surface area contributed by atoms with E-state index in [0.29, 0.717) is 12.5 Å². The number of fused-ring (bicyclic) bond motifs is 1. The first-order valence-corrected chi connectivity index (χ1v) is 7.69. The normalized spacial score (nSPS) is 15.7. The standard InChI is InChI=1S/C15H19N3S.BrH/c16-15(17-9-11-2-1-3-11)18-10-12-4-5-14-13(8-12)6-7-19-14;/h4-8,11H,1-3,9-10H2,(H3,16,17,18);1H. The highest BCUT2D eigenvalue weighted by Gasteiger charge is 2.16. The molecule has 1 heterocycles. The third kappa shape index (κ3) is 3.73. The minimum absolute atomic E-state index is 0. The summed E-state index contributed by atoms with van der Waals surface area (Å²) in [6, 6.07) is 8.62. The summed E-state index contributed by atoms with van der Waals surface area (Å²) in [6.45, 7) is 1.62. The Balaban J connectivity index is 0.00000147. The molecule has 0 unspecified atom stereocenters. The van der Waals surface area contributed by atoms with Gasteiger partial charge in [-0.15, -0.1) is 28.3 Å². The zero-order valence-corrected chi connectivity index (χ0v) is 13.9. The number of guanidine groups is 1. The van der Waals surface area contributed by atoms with Crippen molar-refractivity contribution in [1.29, 1.82) is 0 Å². The van der Waals surface area contributed by atoms with E-state index in [1.165, 1.54) is 34.9 Å². The second-order valence-corrected chi connectivity index (χ2v) is 6.12. The molecule has 0 bridgehead atoms. The van der Waals surface area contributed by atoms with Crippen molar-refractivity contribution in [2.45, 2.75) is 25.8 Å². The molecule has 3 N–H and O–H groups in total. The van der Waals surface area contributed by atoms with Crippen LogP contribution in [-0.2, 0) is 6.54 Å². The Bertz CT molecular complexity index is 590. The summed E-state index contributed by atoms with van der Waals surface area (Å²) in [5.41, 5.74) is 7.09. The summed E-state index contributed by atoms with van der Waals surface area (Å²) in [5.74, 6) is 1.37. The molecule has 3 rings (SSSR count). The molecular weight excluding hydrogens is 334 g/mol. The smallest absolute Gasteiger partial charge is 0.188 e. The molecule has 1 aromatic heterocycles. The Hall–Kier alpha value is -1.07. The number of benzene rings is 1. The molecule has 0 radical (unpaired) electrons. The fourth-order valence-corrected chi connectivity index (χ4v) is 3.06. The van der Waals surface area contributed by atoms with E-state index >= 15 is 0 Å². The van der Waals surface area contributed by atoms with Gasteiger partial charge in [-0.05, 0) is 53.3 Å². The molecule has 2 aromatic rings. The van der Waals surface area contributed by atoms with E-state index in [4.69, 9.17) is 5.73 Å². The molecule has 1 aliphatic carbocycles. The number of nitrogens with zero attached hydrogens (tertiary/aromatic N) is 1. The van der Waals surface area contributed by atoms with Crippen LogP contribution in [0.1, 0.15) is 24.8 Å². The second kappa shape index (κ2) is 7.09. The van der Waals surface area contributed by atoms with E-state index < -0.39 is 0 Å². The number of nitrogens with one attached hydrogen (secondary N) is 1. The summed E-state index contributed by atoms with van der Waals surface area (Å²) in [5, 5.41) is 6.62. The number of nitrogens with two attached hydrogens (primary N) is 1. The van der Waals surface area contributed by atoms with Crippen molar-refractivity contribution in [3.8, 4) is 0 Å². The van der Waals surface area contributed by atoms with Crippen LogP contribution in [0.2, 0.25) is 0 Å². The lowest BCUT2D eigenvalue weighted by molar-refractivity contribution is 0.315. The minimum atomic E-state index is 0. The maximum absolute atomic E-state index is 5.88. The molecule has 1 fully saturated rings. The van der Waals surface area contributed by atoms with Gasteiger partial charge in [-0.1, -0.05) is 12.5 Å². The Morgan fingerprint density at radius 2 is 2.20 bits per heavy atom. The largest absolute Gasteiger partial charge is 0.370 e. The van der Waals surface area contributed by atoms with Crippen LogP contribution in [0.4, 0.5) is 0 Å². The topological polar surface area (TPSA) is 50.4 Å². The molecule has 5 heteroatoms. The van der Waals surface area contributed by atoms with Crippen LogP contribution in [0.15, 0.2) is 34.6 Å². The zero-order valence-electron chi connectivity index (χ0n) is 11.3. The minimum Gasteiger partial charge on any atom is -0.370 e. The average molecular weight is 354 g/mol. The summed E-state index contributed by atoms with van der Waals surface area (Å²) >= 11 is 1.77. The number of halogens is 1. The predicted molar refractivity (Wildman–Crippen MR) is 92.8 cm³/mol. The number of thiophene rings is 1. The monoisotopic (exact) mass is 353 g/mol. The molecule has 20 heavy (non-hydrogen) atoms. The predicted octanol–water partition coefficient (Wildman–Crippen LogP) is 3.68. The number of hydrogen-bond donors (Lipinski definition) is 2. The summed E-state index contributed by atoms with van der Waals surface area (Å²) in [6.07, 6.45) is 4.02. The van der Waals surface area contributed by atoms with Crippen LogP contribution in [0, 0.1) is 5.92 Å². The van der Waals surface area contributed by atoms with Gasteiger partial charge in [0.15, 0.2) is 5.96 Å². The molecule has 1 aliphatic rings. The molecule has 0 atom stereocenters. The van der Waals surface area contributed by atoms with Crippen LogP contribution in [0.3, 0.4) is 0 Å². The first-order valence-electron chi connectivity index (χ1n) is 6.81. The lowest BCUT2D eigenvalue weighted by Gasteiger charge is -2.25. The number of aliphatic imine (C=N–C) groups is 1. The van der Waals surface area contributed by atoms with Crippen molar-refractivity contribution in [1.82, 2.24) is 5.32 Å². The fraction of sp³-hybridized carbons (Fsp3) is 0.400. The molecule has 3 nitrogen and oxygen atoms in total. The zero-order chi connectivity index (χ0) is 13.1. The van der Waals surface area contributed by atoms with Crippen LogP contribution < -0.4 is 11.1 Å². The van der Waals surface area contributed by atoms with E-state index in [1.807, 2.05) is 0 Å². The fourth-order valence-electron chi connectivity index (χ4n) is 2.29. The lowest BCUT2D eigenvalue weighted by atomic mass is 9.85. The SMILES string of the molecule is Br.NC(=NCc1ccc2sccc2c1)NCC1CCC1. The van der Waals surface area contributed by atoms with Gasteiger partial charge in [-0.25, -0.2) is 4.99 Å². The molecular formula is C15H20BrN3S. The van der Waals surface area contributed by atoms with Gasteiger partial charge in [0, 0.05) is 11.2 Å². The average Bonchev–Trinajstić information content (AvgIpc) is 2.81. The molecule has 1 aromatic carbocycles. The molecule has 108 valence electrons. The first kappa shape index (κ1) is 15.3. The van der Waals surface area contributed by atoms with Gasteiger partial charge in [0.1, 0.15) is 0 Å². The van der Waals surface area contributed by atoms with E-state index in [1.54, 1.807) is 11.3 Å². The summed E-state index contributed by atoms with van der Waals surface area (Å²) in [7, 11) is 0. The molecule has 0 spiro atoms. The van der Waals surface area contributed by atoms with Crippen molar-refractivity contribution < 1.29 is 0 Å². The van der Waals surface area contributed by atoms with Crippen LogP contribution in [-0.4, -0.2) is 12.5 Å². The van der Waals surface area contributed by atoms with Crippen LogP contribution in [0.5, 0.6) is 0 Å². The highest BCUT2D eigenvalue weighted by atomic mass is 79.9. The van der Waals surface area contributed by atoms with E-state index in [0.717, 1.165) is 12.5 Å². The van der Waals surface area contributed by atoms with Gasteiger partial charge in [-0.2, -0.15) is 0 Å². The van der Waals surface area contributed by atoms with E-state index in [9.17, 15) is 0 Å². The summed E-state index contributed by atoms with van der Waals surface area (Å²) < 4.78 is 1.32.